The number of nitrogens with one attached hydrogen (secondary N) is 1. The summed E-state index contributed by atoms with van der Waals surface area (Å²) < 4.78 is 1.12. The number of benzene rings is 1. The number of likely N-dealkylation sites (N-methyl/N-ethyl adjacent to an activating group) is 1. The van der Waals surface area contributed by atoms with Gasteiger partial charge in [-0.1, -0.05) is 28.1 Å². The Morgan fingerprint density at radius 1 is 1.38 bits per heavy atom. The normalized spacial score (nSPS) is 15.0. The predicted molar refractivity (Wildman–Crippen MR) is 91.9 cm³/mol. The molecule has 1 heterocycles. The van der Waals surface area contributed by atoms with Crippen molar-refractivity contribution in [2.45, 2.75) is 13.5 Å². The second-order valence-corrected chi connectivity index (χ2v) is 6.24. The highest BCUT2D eigenvalue weighted by Gasteiger charge is 2.17. The smallest absolute Gasteiger partial charge is 0.236 e. The Kier molecular flexibility index (Phi) is 7.66. The van der Waals surface area contributed by atoms with Gasteiger partial charge in [0, 0.05) is 37.2 Å². The number of carbonyl (C=O) groups excluding carboxylic acids is 1. The molecule has 1 aliphatic heterocycles. The maximum Gasteiger partial charge on any atom is 0.236 e. The fraction of sp³-hybridized carbons (Fsp3) is 0.533. The van der Waals surface area contributed by atoms with Gasteiger partial charge in [-0.05, 0) is 31.2 Å². The summed E-state index contributed by atoms with van der Waals surface area (Å²) in [6.45, 7) is 6.79. The number of amides is 1. The maximum atomic E-state index is 12.2. The maximum absolute atomic E-state index is 12.2. The van der Waals surface area contributed by atoms with Crippen LogP contribution in [0.2, 0.25) is 0 Å². The van der Waals surface area contributed by atoms with Crippen molar-refractivity contribution in [2.24, 2.45) is 0 Å². The molecule has 1 N–H and O–H groups in total. The molecule has 1 fully saturated rings. The van der Waals surface area contributed by atoms with Crippen molar-refractivity contribution in [3.05, 3.63) is 33.8 Å². The number of carbonyl (C=O) groups is 1. The first-order chi connectivity index (χ1) is 9.56. The minimum Gasteiger partial charge on any atom is -0.339 e. The van der Waals surface area contributed by atoms with Crippen molar-refractivity contribution in [2.75, 3.05) is 39.8 Å². The van der Waals surface area contributed by atoms with Gasteiger partial charge in [-0.15, -0.1) is 12.4 Å². The molecule has 1 amide bonds. The van der Waals surface area contributed by atoms with Crippen LogP contribution in [0.15, 0.2) is 22.7 Å². The van der Waals surface area contributed by atoms with Crippen LogP contribution in [0, 0.1) is 6.92 Å². The van der Waals surface area contributed by atoms with E-state index in [1.807, 2.05) is 11.9 Å². The molecule has 0 saturated carbocycles. The van der Waals surface area contributed by atoms with E-state index in [1.54, 1.807) is 0 Å². The molecule has 4 nitrogen and oxygen atoms in total. The number of nitrogens with zero attached hydrogens (tertiary/aromatic N) is 2. The summed E-state index contributed by atoms with van der Waals surface area (Å²) in [4.78, 5) is 16.2. The fourth-order valence-corrected chi connectivity index (χ4v) is 2.77. The molecule has 0 spiro atoms. The molecule has 2 rings (SSSR count). The molecule has 0 unspecified atom stereocenters. The van der Waals surface area contributed by atoms with Crippen LogP contribution in [-0.4, -0.2) is 55.5 Å². The molecule has 1 aromatic rings. The van der Waals surface area contributed by atoms with E-state index in [0.717, 1.165) is 37.2 Å². The van der Waals surface area contributed by atoms with Crippen molar-refractivity contribution < 1.29 is 4.79 Å². The van der Waals surface area contributed by atoms with Crippen LogP contribution in [-0.2, 0) is 11.3 Å². The second-order valence-electron chi connectivity index (χ2n) is 5.39. The number of aryl methyl sites for hydroxylation is 1. The van der Waals surface area contributed by atoms with E-state index >= 15 is 0 Å². The molecule has 0 aromatic heterocycles. The first kappa shape index (κ1) is 18.4. The van der Waals surface area contributed by atoms with Crippen molar-refractivity contribution in [1.82, 2.24) is 15.1 Å². The molecule has 0 radical (unpaired) electrons. The van der Waals surface area contributed by atoms with Crippen LogP contribution < -0.4 is 5.32 Å². The van der Waals surface area contributed by atoms with Gasteiger partial charge in [0.05, 0.1) is 6.54 Å². The van der Waals surface area contributed by atoms with Crippen LogP contribution in [0.3, 0.4) is 0 Å². The van der Waals surface area contributed by atoms with Gasteiger partial charge in [0.2, 0.25) is 5.91 Å². The van der Waals surface area contributed by atoms with Crippen LogP contribution in [0.4, 0.5) is 0 Å². The third-order valence-electron chi connectivity index (χ3n) is 3.56. The predicted octanol–water partition coefficient (Wildman–Crippen LogP) is 2.04. The lowest BCUT2D eigenvalue weighted by atomic mass is 10.1. The van der Waals surface area contributed by atoms with E-state index in [9.17, 15) is 4.79 Å². The fourth-order valence-electron chi connectivity index (χ4n) is 2.35. The lowest BCUT2D eigenvalue weighted by Gasteiger charge is -2.29. The van der Waals surface area contributed by atoms with Gasteiger partial charge in [-0.2, -0.15) is 0 Å². The van der Waals surface area contributed by atoms with E-state index in [4.69, 9.17) is 0 Å². The van der Waals surface area contributed by atoms with Crippen LogP contribution in [0.1, 0.15) is 11.1 Å². The molecule has 0 aliphatic carbocycles. The monoisotopic (exact) mass is 375 g/mol. The highest BCUT2D eigenvalue weighted by molar-refractivity contribution is 9.10. The molecule has 0 bridgehead atoms. The largest absolute Gasteiger partial charge is 0.339 e. The van der Waals surface area contributed by atoms with Gasteiger partial charge in [0.15, 0.2) is 0 Å². The Hall–Kier alpha value is -0.620. The van der Waals surface area contributed by atoms with Gasteiger partial charge >= 0.3 is 0 Å². The summed E-state index contributed by atoms with van der Waals surface area (Å²) in [5.41, 5.74) is 2.45. The number of hydrogen-bond donors (Lipinski definition) is 1. The van der Waals surface area contributed by atoms with E-state index in [2.05, 4.69) is 51.3 Å². The van der Waals surface area contributed by atoms with Gasteiger partial charge in [-0.3, -0.25) is 9.69 Å². The zero-order chi connectivity index (χ0) is 14.5. The highest BCUT2D eigenvalue weighted by Crippen LogP contribution is 2.18. The summed E-state index contributed by atoms with van der Waals surface area (Å²) in [5, 5.41) is 3.26. The number of hydrogen-bond acceptors (Lipinski definition) is 3. The molecular weight excluding hydrogens is 354 g/mol. The minimum absolute atomic E-state index is 0. The number of halogens is 2. The average Bonchev–Trinajstić information content (AvgIpc) is 2.44. The SMILES string of the molecule is Cc1ccc(CN(C)CC(=O)N2CCNCC2)cc1Br.Cl. The summed E-state index contributed by atoms with van der Waals surface area (Å²) in [6, 6.07) is 6.35. The van der Waals surface area contributed by atoms with Crippen molar-refractivity contribution in [1.29, 1.82) is 0 Å². The molecule has 1 aliphatic rings. The Balaban J connectivity index is 0.00000220. The number of rotatable bonds is 4. The van der Waals surface area contributed by atoms with Gasteiger partial charge in [0.25, 0.3) is 0 Å². The van der Waals surface area contributed by atoms with Crippen molar-refractivity contribution in [3.8, 4) is 0 Å². The standard InChI is InChI=1S/C15H22BrN3O.ClH/c1-12-3-4-13(9-14(12)16)10-18(2)11-15(20)19-7-5-17-6-8-19;/h3-4,9,17H,5-8,10-11H2,1-2H3;1H. The first-order valence-corrected chi connectivity index (χ1v) is 7.77. The van der Waals surface area contributed by atoms with Gasteiger partial charge in [-0.25, -0.2) is 0 Å². The molecular formula is C15H23BrClN3O. The highest BCUT2D eigenvalue weighted by atomic mass is 79.9. The third-order valence-corrected chi connectivity index (χ3v) is 4.42. The van der Waals surface area contributed by atoms with E-state index in [1.165, 1.54) is 11.1 Å². The molecule has 1 saturated heterocycles. The third kappa shape index (κ3) is 5.58. The summed E-state index contributed by atoms with van der Waals surface area (Å²) >= 11 is 3.55. The second kappa shape index (κ2) is 8.73. The van der Waals surface area contributed by atoms with E-state index < -0.39 is 0 Å². The Bertz CT molecular complexity index is 478. The minimum atomic E-state index is 0. The topological polar surface area (TPSA) is 35.6 Å². The lowest BCUT2D eigenvalue weighted by Crippen LogP contribution is -2.49. The Morgan fingerprint density at radius 2 is 2.05 bits per heavy atom. The summed E-state index contributed by atoms with van der Waals surface area (Å²) in [5.74, 6) is 0.222. The first-order valence-electron chi connectivity index (χ1n) is 6.98. The van der Waals surface area contributed by atoms with Crippen LogP contribution >= 0.6 is 28.3 Å². The van der Waals surface area contributed by atoms with E-state index in [0.29, 0.717) is 6.54 Å². The quantitative estimate of drug-likeness (QED) is 0.873. The van der Waals surface area contributed by atoms with Gasteiger partial charge in [0.1, 0.15) is 0 Å². The molecule has 21 heavy (non-hydrogen) atoms. The lowest BCUT2D eigenvalue weighted by molar-refractivity contribution is -0.132. The molecule has 6 heteroatoms. The summed E-state index contributed by atoms with van der Waals surface area (Å²) in [7, 11) is 1.99. The molecule has 0 atom stereocenters. The van der Waals surface area contributed by atoms with Crippen LogP contribution in [0.5, 0.6) is 0 Å². The van der Waals surface area contributed by atoms with E-state index in [-0.39, 0.29) is 18.3 Å². The van der Waals surface area contributed by atoms with Crippen molar-refractivity contribution in [3.63, 3.8) is 0 Å². The summed E-state index contributed by atoms with van der Waals surface area (Å²) in [6.07, 6.45) is 0. The van der Waals surface area contributed by atoms with Gasteiger partial charge < -0.3 is 10.2 Å². The van der Waals surface area contributed by atoms with Crippen molar-refractivity contribution >= 4 is 34.2 Å². The molecule has 1 aromatic carbocycles. The zero-order valence-corrected chi connectivity index (χ0v) is 15.0. The zero-order valence-electron chi connectivity index (χ0n) is 12.6. The van der Waals surface area contributed by atoms with Crippen LogP contribution in [0.25, 0.3) is 0 Å². The number of piperazine rings is 1. The Morgan fingerprint density at radius 3 is 2.67 bits per heavy atom. The Labute approximate surface area is 141 Å². The molecule has 118 valence electrons. The average molecular weight is 377 g/mol.